The van der Waals surface area contributed by atoms with Crippen molar-refractivity contribution in [2.75, 3.05) is 44.2 Å². The van der Waals surface area contributed by atoms with E-state index in [4.69, 9.17) is 5.14 Å². The van der Waals surface area contributed by atoms with Crippen molar-refractivity contribution in [3.05, 3.63) is 35.0 Å². The Labute approximate surface area is 166 Å². The van der Waals surface area contributed by atoms with Gasteiger partial charge in [-0.1, -0.05) is 0 Å². The van der Waals surface area contributed by atoms with Crippen molar-refractivity contribution >= 4 is 26.8 Å². The fourth-order valence-corrected chi connectivity index (χ4v) is 4.00. The fraction of sp³-hybridized carbons (Fsp3) is 0.474. The van der Waals surface area contributed by atoms with E-state index in [-0.39, 0.29) is 0 Å². The molecule has 28 heavy (non-hydrogen) atoms. The highest BCUT2D eigenvalue weighted by Gasteiger charge is 2.20. The lowest BCUT2D eigenvalue weighted by molar-refractivity contribution is 0.298. The Kier molecular flexibility index (Phi) is 6.15. The summed E-state index contributed by atoms with van der Waals surface area (Å²) in [6.07, 6.45) is 2.58. The van der Waals surface area contributed by atoms with Gasteiger partial charge in [0, 0.05) is 44.3 Å². The zero-order valence-electron chi connectivity index (χ0n) is 16.3. The van der Waals surface area contributed by atoms with Crippen LogP contribution >= 0.6 is 0 Å². The van der Waals surface area contributed by atoms with Gasteiger partial charge < -0.3 is 9.80 Å². The third kappa shape index (κ3) is 4.77. The summed E-state index contributed by atoms with van der Waals surface area (Å²) in [4.78, 5) is 8.94. The molecule has 9 heteroatoms. The van der Waals surface area contributed by atoms with Gasteiger partial charge in [0.25, 0.3) is 10.2 Å². The highest BCUT2D eigenvalue weighted by atomic mass is 32.2. The van der Waals surface area contributed by atoms with Crippen LogP contribution in [0, 0.1) is 25.2 Å². The molecule has 0 spiro atoms. The maximum atomic E-state index is 11.0. The van der Waals surface area contributed by atoms with Crippen molar-refractivity contribution in [1.29, 1.82) is 5.26 Å². The minimum absolute atomic E-state index is 0.291. The zero-order chi connectivity index (χ0) is 20.3. The summed E-state index contributed by atoms with van der Waals surface area (Å²) in [7, 11) is -3.66. The number of aryl methyl sites for hydroxylation is 2. The van der Waals surface area contributed by atoms with Gasteiger partial charge in [0.1, 0.15) is 6.07 Å². The maximum Gasteiger partial charge on any atom is 0.274 e. The predicted molar refractivity (Wildman–Crippen MR) is 110 cm³/mol. The Morgan fingerprint density at radius 1 is 1.21 bits per heavy atom. The van der Waals surface area contributed by atoms with Crippen LogP contribution in [-0.4, -0.2) is 57.6 Å². The molecule has 0 saturated carbocycles. The summed E-state index contributed by atoms with van der Waals surface area (Å²) in [5, 5.41) is 15.6. The Bertz CT molecular complexity index is 1020. The fourth-order valence-electron chi connectivity index (χ4n) is 3.62. The Balaban J connectivity index is 1.83. The molecule has 1 aromatic carbocycles. The summed E-state index contributed by atoms with van der Waals surface area (Å²) in [5.74, 6) is 0. The number of fused-ring (bicyclic) bond motifs is 1. The van der Waals surface area contributed by atoms with E-state index in [2.05, 4.69) is 51.6 Å². The lowest BCUT2D eigenvalue weighted by atomic mass is 10.0. The number of nitrogens with zero attached hydrogens (tertiary/aromatic N) is 4. The summed E-state index contributed by atoms with van der Waals surface area (Å²) in [6.45, 7) is 8.27. The Morgan fingerprint density at radius 2 is 1.96 bits per heavy atom. The summed E-state index contributed by atoms with van der Waals surface area (Å²) in [6, 6.07) is 6.48. The van der Waals surface area contributed by atoms with Crippen LogP contribution in [0.15, 0.2) is 18.3 Å². The first-order chi connectivity index (χ1) is 13.3. The van der Waals surface area contributed by atoms with Gasteiger partial charge in [-0.2, -0.15) is 13.7 Å². The van der Waals surface area contributed by atoms with Crippen LogP contribution in [-0.2, 0) is 10.2 Å². The third-order valence-corrected chi connectivity index (χ3v) is 5.82. The lowest BCUT2D eigenvalue weighted by Crippen LogP contribution is -2.39. The number of benzene rings is 1. The molecule has 0 unspecified atom stereocenters. The second kappa shape index (κ2) is 8.41. The van der Waals surface area contributed by atoms with Crippen LogP contribution < -0.4 is 14.8 Å². The monoisotopic (exact) mass is 402 g/mol. The molecule has 8 nitrogen and oxygen atoms in total. The first kappa shape index (κ1) is 20.5. The van der Waals surface area contributed by atoms with Crippen molar-refractivity contribution in [2.45, 2.75) is 20.3 Å². The van der Waals surface area contributed by atoms with Crippen molar-refractivity contribution in [1.82, 2.24) is 14.6 Å². The quantitative estimate of drug-likeness (QED) is 0.772. The molecule has 0 atom stereocenters. The maximum absolute atomic E-state index is 11.0. The molecule has 2 aromatic rings. The summed E-state index contributed by atoms with van der Waals surface area (Å²) < 4.78 is 24.4. The van der Waals surface area contributed by atoms with Crippen molar-refractivity contribution in [2.24, 2.45) is 5.14 Å². The molecule has 0 bridgehead atoms. The lowest BCUT2D eigenvalue weighted by Gasteiger charge is -2.26. The average Bonchev–Trinajstić information content (AvgIpc) is 2.86. The number of pyridine rings is 1. The molecule has 1 aliphatic rings. The van der Waals surface area contributed by atoms with E-state index < -0.39 is 10.2 Å². The largest absolute Gasteiger partial charge is 0.369 e. The molecular formula is C19H26N6O2S. The molecular weight excluding hydrogens is 376 g/mol. The van der Waals surface area contributed by atoms with Crippen LogP contribution in [0.5, 0.6) is 0 Å². The minimum Gasteiger partial charge on any atom is -0.369 e. The number of hydrogen-bond donors (Lipinski definition) is 2. The van der Waals surface area contributed by atoms with Gasteiger partial charge in [-0.05, 0) is 50.1 Å². The molecule has 0 radical (unpaired) electrons. The zero-order valence-corrected chi connectivity index (χ0v) is 17.1. The second-order valence-corrected chi connectivity index (χ2v) is 8.59. The molecule has 3 N–H and O–H groups in total. The molecule has 1 saturated heterocycles. The molecule has 1 fully saturated rings. The van der Waals surface area contributed by atoms with E-state index in [1.807, 2.05) is 0 Å². The van der Waals surface area contributed by atoms with E-state index in [0.717, 1.165) is 49.2 Å². The highest BCUT2D eigenvalue weighted by molar-refractivity contribution is 7.87. The standard InChI is InChI=1S/C19H26N6O2S/c1-14-10-17-18(11-15(14)2)22-13-16(12-20)19(17)25-6-3-5-24(8-9-25)7-4-23-28(21,26)27/h10-11,13,23H,3-9H2,1-2H3,(H2,21,26,27). The number of nitrogens with one attached hydrogen (secondary N) is 1. The molecule has 1 aliphatic heterocycles. The molecule has 2 heterocycles. The number of anilines is 1. The Morgan fingerprint density at radius 3 is 2.68 bits per heavy atom. The van der Waals surface area contributed by atoms with E-state index in [1.165, 1.54) is 11.1 Å². The van der Waals surface area contributed by atoms with Gasteiger partial charge in [-0.25, -0.2) is 9.86 Å². The minimum atomic E-state index is -3.66. The molecule has 150 valence electrons. The first-order valence-corrected chi connectivity index (χ1v) is 10.9. The smallest absolute Gasteiger partial charge is 0.274 e. The number of nitriles is 1. The topological polar surface area (TPSA) is 115 Å². The van der Waals surface area contributed by atoms with Gasteiger partial charge in [-0.15, -0.1) is 0 Å². The van der Waals surface area contributed by atoms with Gasteiger partial charge in [0.15, 0.2) is 0 Å². The van der Waals surface area contributed by atoms with Gasteiger partial charge in [0.2, 0.25) is 0 Å². The second-order valence-electron chi connectivity index (χ2n) is 7.21. The molecule has 3 rings (SSSR count). The predicted octanol–water partition coefficient (Wildman–Crippen LogP) is 1.03. The van der Waals surface area contributed by atoms with Crippen molar-refractivity contribution < 1.29 is 8.42 Å². The summed E-state index contributed by atoms with van der Waals surface area (Å²) in [5.41, 5.74) is 4.78. The van der Waals surface area contributed by atoms with Gasteiger partial charge in [0.05, 0.1) is 16.8 Å². The summed E-state index contributed by atoms with van der Waals surface area (Å²) >= 11 is 0. The van der Waals surface area contributed by atoms with E-state index >= 15 is 0 Å². The average molecular weight is 403 g/mol. The van der Waals surface area contributed by atoms with Crippen LogP contribution in [0.3, 0.4) is 0 Å². The number of hydrogen-bond acceptors (Lipinski definition) is 6. The van der Waals surface area contributed by atoms with Crippen molar-refractivity contribution in [3.63, 3.8) is 0 Å². The van der Waals surface area contributed by atoms with E-state index in [0.29, 0.717) is 18.7 Å². The van der Waals surface area contributed by atoms with Crippen molar-refractivity contribution in [3.8, 4) is 6.07 Å². The first-order valence-electron chi connectivity index (χ1n) is 9.33. The Hall–Kier alpha value is -2.25. The highest BCUT2D eigenvalue weighted by Crippen LogP contribution is 2.31. The van der Waals surface area contributed by atoms with Crippen LogP contribution in [0.25, 0.3) is 10.9 Å². The normalized spacial score (nSPS) is 16.1. The molecule has 0 amide bonds. The number of nitrogens with two attached hydrogens (primary N) is 1. The van der Waals surface area contributed by atoms with Gasteiger partial charge >= 0.3 is 0 Å². The van der Waals surface area contributed by atoms with Crippen LogP contribution in [0.4, 0.5) is 5.69 Å². The molecule has 1 aromatic heterocycles. The van der Waals surface area contributed by atoms with Crippen LogP contribution in [0.1, 0.15) is 23.1 Å². The number of aromatic nitrogens is 1. The van der Waals surface area contributed by atoms with Gasteiger partial charge in [-0.3, -0.25) is 4.98 Å². The van der Waals surface area contributed by atoms with E-state index in [9.17, 15) is 13.7 Å². The third-order valence-electron chi connectivity index (χ3n) is 5.21. The number of rotatable bonds is 5. The van der Waals surface area contributed by atoms with E-state index in [1.54, 1.807) is 6.20 Å². The SMILES string of the molecule is Cc1cc2ncc(C#N)c(N3CCCN(CCNS(N)(=O)=O)CC3)c2cc1C. The van der Waals surface area contributed by atoms with Crippen LogP contribution in [0.2, 0.25) is 0 Å². The molecule has 0 aliphatic carbocycles.